The highest BCUT2D eigenvalue weighted by Crippen LogP contribution is 2.31. The van der Waals surface area contributed by atoms with Crippen LogP contribution in [0.4, 0.5) is 0 Å². The Hall–Kier alpha value is -2.70. The number of aromatic nitrogens is 2. The van der Waals surface area contributed by atoms with Gasteiger partial charge in [-0.3, -0.25) is 24.4 Å². The molecule has 1 aromatic heterocycles. The van der Waals surface area contributed by atoms with E-state index in [0.29, 0.717) is 18.8 Å². The maximum atomic E-state index is 12.1. The van der Waals surface area contributed by atoms with Crippen LogP contribution in [0, 0.1) is 11.8 Å². The summed E-state index contributed by atoms with van der Waals surface area (Å²) in [5.74, 6) is -1.16. The van der Waals surface area contributed by atoms with Crippen molar-refractivity contribution in [1.29, 1.82) is 0 Å². The zero-order chi connectivity index (χ0) is 19.0. The molecule has 1 aromatic carbocycles. The first-order chi connectivity index (χ1) is 13.0. The van der Waals surface area contributed by atoms with E-state index in [2.05, 4.69) is 10.4 Å². The largest absolute Gasteiger partial charge is 0.481 e. The van der Waals surface area contributed by atoms with Gasteiger partial charge in [-0.05, 0) is 55.7 Å². The summed E-state index contributed by atoms with van der Waals surface area (Å²) in [4.78, 5) is 34.5. The third-order valence-corrected chi connectivity index (χ3v) is 5.86. The maximum absolute atomic E-state index is 12.1. The standard InChI is InChI=1S/C20H23N3O4/c24-18-8-6-16(19(25)21-18)14-5-7-17-15(9-14)11-23(22-17)10-12-1-3-13(4-2-12)20(26)27/h5,7,9,11-13,16H,1-4,6,8,10H2,(H,26,27)(H,21,24,25)/t12-,13-,16?. The molecule has 2 N–H and O–H groups in total. The maximum Gasteiger partial charge on any atom is 0.306 e. The molecule has 142 valence electrons. The smallest absolute Gasteiger partial charge is 0.306 e. The van der Waals surface area contributed by atoms with Gasteiger partial charge in [0.1, 0.15) is 0 Å². The molecule has 27 heavy (non-hydrogen) atoms. The number of carboxylic acids is 1. The highest BCUT2D eigenvalue weighted by molar-refractivity contribution is 6.01. The lowest BCUT2D eigenvalue weighted by Crippen LogP contribution is -2.39. The van der Waals surface area contributed by atoms with E-state index in [1.807, 2.05) is 29.1 Å². The SMILES string of the molecule is O=C1CCC(c2ccc3nn(C[C@H]4CC[C@H](C(=O)O)CC4)cc3c2)C(=O)N1. The molecule has 0 radical (unpaired) electrons. The van der Waals surface area contributed by atoms with Crippen molar-refractivity contribution < 1.29 is 19.5 Å². The Morgan fingerprint density at radius 3 is 2.67 bits per heavy atom. The van der Waals surface area contributed by atoms with Crippen LogP contribution < -0.4 is 5.32 Å². The number of carbonyl (C=O) groups is 3. The van der Waals surface area contributed by atoms with Crippen LogP contribution in [-0.2, 0) is 20.9 Å². The predicted octanol–water partition coefficient (Wildman–Crippen LogP) is 2.45. The molecule has 4 rings (SSSR count). The van der Waals surface area contributed by atoms with Gasteiger partial charge in [-0.2, -0.15) is 5.10 Å². The number of benzene rings is 1. The first-order valence-corrected chi connectivity index (χ1v) is 9.53. The third-order valence-electron chi connectivity index (χ3n) is 5.86. The van der Waals surface area contributed by atoms with Crippen LogP contribution in [-0.4, -0.2) is 32.7 Å². The Labute approximate surface area is 156 Å². The Kier molecular flexibility index (Phi) is 4.68. The topological polar surface area (TPSA) is 101 Å². The second kappa shape index (κ2) is 7.13. The number of nitrogens with zero attached hydrogens (tertiary/aromatic N) is 2. The lowest BCUT2D eigenvalue weighted by Gasteiger charge is -2.25. The molecule has 0 bridgehead atoms. The molecule has 2 amide bonds. The lowest BCUT2D eigenvalue weighted by molar-refractivity contribution is -0.143. The minimum absolute atomic E-state index is 0.200. The van der Waals surface area contributed by atoms with Crippen molar-refractivity contribution in [1.82, 2.24) is 15.1 Å². The molecular weight excluding hydrogens is 346 g/mol. The second-order valence-corrected chi connectivity index (χ2v) is 7.73. The van der Waals surface area contributed by atoms with Crippen molar-refractivity contribution in [2.75, 3.05) is 0 Å². The Morgan fingerprint density at radius 2 is 1.96 bits per heavy atom. The van der Waals surface area contributed by atoms with E-state index < -0.39 is 5.97 Å². The summed E-state index contributed by atoms with van der Waals surface area (Å²) in [5, 5.41) is 17.1. The number of fused-ring (bicyclic) bond motifs is 1. The summed E-state index contributed by atoms with van der Waals surface area (Å²) in [5.41, 5.74) is 1.79. The molecule has 0 spiro atoms. The Bertz CT molecular complexity index is 896. The average Bonchev–Trinajstić information content (AvgIpc) is 3.03. The zero-order valence-corrected chi connectivity index (χ0v) is 15.1. The molecule has 2 heterocycles. The summed E-state index contributed by atoms with van der Waals surface area (Å²) in [6, 6.07) is 5.82. The Balaban J connectivity index is 1.46. The van der Waals surface area contributed by atoms with E-state index >= 15 is 0 Å². The van der Waals surface area contributed by atoms with Crippen molar-refractivity contribution in [3.05, 3.63) is 30.0 Å². The van der Waals surface area contributed by atoms with Gasteiger partial charge >= 0.3 is 5.97 Å². The van der Waals surface area contributed by atoms with E-state index in [9.17, 15) is 14.4 Å². The highest BCUT2D eigenvalue weighted by Gasteiger charge is 2.28. The number of rotatable bonds is 4. The quantitative estimate of drug-likeness (QED) is 0.806. The first kappa shape index (κ1) is 17.7. The molecule has 1 unspecified atom stereocenters. The van der Waals surface area contributed by atoms with Crippen LogP contribution in [0.15, 0.2) is 24.4 Å². The number of amides is 2. The van der Waals surface area contributed by atoms with Gasteiger partial charge < -0.3 is 5.11 Å². The summed E-state index contributed by atoms with van der Waals surface area (Å²) >= 11 is 0. The van der Waals surface area contributed by atoms with E-state index in [-0.39, 0.29) is 23.7 Å². The van der Waals surface area contributed by atoms with Crippen molar-refractivity contribution in [3.63, 3.8) is 0 Å². The van der Waals surface area contributed by atoms with Crippen molar-refractivity contribution in [2.45, 2.75) is 51.0 Å². The first-order valence-electron chi connectivity index (χ1n) is 9.53. The number of hydrogen-bond donors (Lipinski definition) is 2. The monoisotopic (exact) mass is 369 g/mol. The van der Waals surface area contributed by atoms with Gasteiger partial charge in [0.25, 0.3) is 0 Å². The van der Waals surface area contributed by atoms with Gasteiger partial charge in [-0.25, -0.2) is 0 Å². The highest BCUT2D eigenvalue weighted by atomic mass is 16.4. The van der Waals surface area contributed by atoms with Crippen molar-refractivity contribution in [2.24, 2.45) is 11.8 Å². The number of carboxylic acid groups (broad SMARTS) is 1. The summed E-state index contributed by atoms with van der Waals surface area (Å²) in [7, 11) is 0. The van der Waals surface area contributed by atoms with Crippen LogP contribution in [0.3, 0.4) is 0 Å². The molecule has 1 aliphatic carbocycles. The zero-order valence-electron chi connectivity index (χ0n) is 15.1. The van der Waals surface area contributed by atoms with Gasteiger partial charge in [0.15, 0.2) is 0 Å². The van der Waals surface area contributed by atoms with Crippen LogP contribution in [0.1, 0.15) is 50.0 Å². The molecule has 1 atom stereocenters. The van der Waals surface area contributed by atoms with Crippen LogP contribution in [0.5, 0.6) is 0 Å². The molecule has 7 nitrogen and oxygen atoms in total. The summed E-state index contributed by atoms with van der Waals surface area (Å²) < 4.78 is 1.94. The molecule has 1 aliphatic heterocycles. The lowest BCUT2D eigenvalue weighted by atomic mass is 9.82. The van der Waals surface area contributed by atoms with Gasteiger partial charge in [-0.1, -0.05) is 6.07 Å². The van der Waals surface area contributed by atoms with Crippen LogP contribution in [0.25, 0.3) is 10.9 Å². The normalized spacial score (nSPS) is 26.1. The number of carbonyl (C=O) groups excluding carboxylic acids is 2. The minimum atomic E-state index is -0.681. The number of aliphatic carboxylic acids is 1. The van der Waals surface area contributed by atoms with Crippen LogP contribution in [0.2, 0.25) is 0 Å². The van der Waals surface area contributed by atoms with Gasteiger partial charge in [0.05, 0.1) is 17.4 Å². The average molecular weight is 369 g/mol. The van der Waals surface area contributed by atoms with E-state index in [0.717, 1.165) is 48.7 Å². The van der Waals surface area contributed by atoms with E-state index in [1.165, 1.54) is 0 Å². The summed E-state index contributed by atoms with van der Waals surface area (Å²) in [6.45, 7) is 0.786. The van der Waals surface area contributed by atoms with E-state index in [1.54, 1.807) is 0 Å². The van der Waals surface area contributed by atoms with Crippen molar-refractivity contribution >= 4 is 28.7 Å². The number of hydrogen-bond acceptors (Lipinski definition) is 4. The van der Waals surface area contributed by atoms with Crippen molar-refractivity contribution in [3.8, 4) is 0 Å². The molecule has 2 aliphatic rings. The molecule has 7 heteroatoms. The third kappa shape index (κ3) is 3.72. The number of nitrogens with one attached hydrogen (secondary N) is 1. The Morgan fingerprint density at radius 1 is 1.19 bits per heavy atom. The predicted molar refractivity (Wildman–Crippen MR) is 97.9 cm³/mol. The molecule has 1 saturated carbocycles. The number of imide groups is 1. The molecule has 2 aromatic rings. The van der Waals surface area contributed by atoms with Gasteiger partial charge in [-0.15, -0.1) is 0 Å². The number of piperidine rings is 1. The summed E-state index contributed by atoms with van der Waals surface area (Å²) in [6.07, 6.45) is 6.20. The second-order valence-electron chi connectivity index (χ2n) is 7.73. The molecule has 1 saturated heterocycles. The van der Waals surface area contributed by atoms with Crippen LogP contribution >= 0.6 is 0 Å². The van der Waals surface area contributed by atoms with Gasteiger partial charge in [0, 0.05) is 24.5 Å². The fourth-order valence-corrected chi connectivity index (χ4v) is 4.27. The molecular formula is C20H23N3O4. The molecule has 2 fully saturated rings. The minimum Gasteiger partial charge on any atom is -0.481 e. The van der Waals surface area contributed by atoms with E-state index in [4.69, 9.17) is 5.11 Å². The van der Waals surface area contributed by atoms with Gasteiger partial charge in [0.2, 0.25) is 11.8 Å². The fourth-order valence-electron chi connectivity index (χ4n) is 4.27. The fraction of sp³-hybridized carbons (Fsp3) is 0.500.